The van der Waals surface area contributed by atoms with Gasteiger partial charge in [0.05, 0.1) is 6.42 Å². The highest BCUT2D eigenvalue weighted by Crippen LogP contribution is 2.20. The molecule has 0 aliphatic rings. The third-order valence-corrected chi connectivity index (χ3v) is 6.38. The molecule has 2 unspecified atom stereocenters. The molecule has 0 fully saturated rings. The molecule has 0 heterocycles. The third-order valence-electron chi connectivity index (χ3n) is 6.01. The van der Waals surface area contributed by atoms with Gasteiger partial charge in [0.2, 0.25) is 11.8 Å². The zero-order chi connectivity index (χ0) is 24.5. The lowest BCUT2D eigenvalue weighted by Crippen LogP contribution is -2.52. The smallest absolute Gasteiger partial charge is 0.243 e. The summed E-state index contributed by atoms with van der Waals surface area (Å²) < 4.78 is 0. The molecular weight excluding hydrogens is 444 g/mol. The summed E-state index contributed by atoms with van der Waals surface area (Å²) in [5.41, 5.74) is 3.86. The maximum atomic E-state index is 13.7. The molecule has 0 aliphatic carbocycles. The van der Waals surface area contributed by atoms with Gasteiger partial charge in [-0.2, -0.15) is 0 Å². The zero-order valence-corrected chi connectivity index (χ0v) is 20.9. The number of carbonyl (C=O) groups excluding carboxylic acids is 2. The summed E-state index contributed by atoms with van der Waals surface area (Å²) in [5.74, 6) is -0.270. The molecule has 0 aliphatic heterocycles. The normalized spacial score (nSPS) is 12.6. The molecule has 3 rings (SSSR count). The highest BCUT2D eigenvalue weighted by Gasteiger charge is 2.31. The molecule has 5 heteroatoms. The van der Waals surface area contributed by atoms with E-state index in [9.17, 15) is 9.59 Å². The number of aryl methyl sites for hydroxylation is 1. The predicted molar refractivity (Wildman–Crippen MR) is 139 cm³/mol. The van der Waals surface area contributed by atoms with Gasteiger partial charge in [0.15, 0.2) is 0 Å². The van der Waals surface area contributed by atoms with Crippen molar-refractivity contribution in [2.24, 2.45) is 0 Å². The lowest BCUT2D eigenvalue weighted by Gasteiger charge is -2.32. The molecule has 0 spiro atoms. The minimum absolute atomic E-state index is 0.0188. The van der Waals surface area contributed by atoms with Crippen LogP contribution in [-0.2, 0) is 29.0 Å². The summed E-state index contributed by atoms with van der Waals surface area (Å²) in [5, 5.41) is 3.65. The van der Waals surface area contributed by atoms with E-state index in [0.29, 0.717) is 18.0 Å². The van der Waals surface area contributed by atoms with Crippen molar-refractivity contribution in [1.29, 1.82) is 0 Å². The molecule has 178 valence electrons. The Morgan fingerprint density at radius 2 is 1.62 bits per heavy atom. The standard InChI is InChI=1S/C29H33ClN2O2/c1-4-22(3)31-29(34)27(18-23-12-6-5-7-13-23)32(20-24-14-10-11-21(2)17-24)28(33)19-25-15-8-9-16-26(25)30/h5-17,22,27H,4,18-20H2,1-3H3,(H,31,34). The molecule has 0 radical (unpaired) electrons. The molecule has 0 saturated heterocycles. The zero-order valence-electron chi connectivity index (χ0n) is 20.1. The number of carbonyl (C=O) groups is 2. The number of nitrogens with one attached hydrogen (secondary N) is 1. The molecule has 2 atom stereocenters. The lowest BCUT2D eigenvalue weighted by molar-refractivity contribution is -0.141. The SMILES string of the molecule is CCC(C)NC(=O)C(Cc1ccccc1)N(Cc1cccc(C)c1)C(=O)Cc1ccccc1Cl. The molecule has 0 saturated carbocycles. The lowest BCUT2D eigenvalue weighted by atomic mass is 10.0. The number of hydrogen-bond donors (Lipinski definition) is 1. The van der Waals surface area contributed by atoms with E-state index < -0.39 is 6.04 Å². The maximum Gasteiger partial charge on any atom is 0.243 e. The van der Waals surface area contributed by atoms with Crippen molar-refractivity contribution < 1.29 is 9.59 Å². The summed E-state index contributed by atoms with van der Waals surface area (Å²) >= 11 is 6.36. The van der Waals surface area contributed by atoms with Gasteiger partial charge in [-0.1, -0.05) is 96.9 Å². The Hall–Kier alpha value is -3.11. The van der Waals surface area contributed by atoms with Crippen LogP contribution < -0.4 is 5.32 Å². The van der Waals surface area contributed by atoms with Crippen molar-refractivity contribution in [3.63, 3.8) is 0 Å². The average Bonchev–Trinajstić information content (AvgIpc) is 2.83. The predicted octanol–water partition coefficient (Wildman–Crippen LogP) is 5.75. The van der Waals surface area contributed by atoms with Crippen LogP contribution in [0.15, 0.2) is 78.9 Å². The number of benzene rings is 3. The Morgan fingerprint density at radius 1 is 0.941 bits per heavy atom. The van der Waals surface area contributed by atoms with E-state index in [1.165, 1.54) is 0 Å². The number of nitrogens with zero attached hydrogens (tertiary/aromatic N) is 1. The van der Waals surface area contributed by atoms with Crippen LogP contribution in [0.4, 0.5) is 0 Å². The minimum Gasteiger partial charge on any atom is -0.352 e. The maximum absolute atomic E-state index is 13.7. The molecular formula is C29H33ClN2O2. The first kappa shape index (κ1) is 25.5. The fourth-order valence-corrected chi connectivity index (χ4v) is 4.11. The first-order valence-corrected chi connectivity index (χ1v) is 12.2. The van der Waals surface area contributed by atoms with E-state index in [-0.39, 0.29) is 24.3 Å². The second kappa shape index (κ2) is 12.4. The van der Waals surface area contributed by atoms with E-state index in [2.05, 4.69) is 11.4 Å². The van der Waals surface area contributed by atoms with Crippen molar-refractivity contribution >= 4 is 23.4 Å². The van der Waals surface area contributed by atoms with Crippen LogP contribution in [0.2, 0.25) is 5.02 Å². The third kappa shape index (κ3) is 7.19. The Bertz CT molecular complexity index is 1100. The van der Waals surface area contributed by atoms with Crippen molar-refractivity contribution in [3.05, 3.63) is 106 Å². The molecule has 0 aromatic heterocycles. The molecule has 34 heavy (non-hydrogen) atoms. The second-order valence-corrected chi connectivity index (χ2v) is 9.21. The van der Waals surface area contributed by atoms with Gasteiger partial charge in [0.25, 0.3) is 0 Å². The van der Waals surface area contributed by atoms with Crippen molar-refractivity contribution in [2.75, 3.05) is 0 Å². The van der Waals surface area contributed by atoms with Gasteiger partial charge < -0.3 is 10.2 Å². The topological polar surface area (TPSA) is 49.4 Å². The van der Waals surface area contributed by atoms with Gasteiger partial charge in [-0.05, 0) is 43.0 Å². The highest BCUT2D eigenvalue weighted by molar-refractivity contribution is 6.31. The number of hydrogen-bond acceptors (Lipinski definition) is 2. The monoisotopic (exact) mass is 476 g/mol. The van der Waals surface area contributed by atoms with E-state index in [0.717, 1.165) is 28.7 Å². The van der Waals surface area contributed by atoms with Crippen LogP contribution >= 0.6 is 11.6 Å². The van der Waals surface area contributed by atoms with Crippen molar-refractivity contribution in [2.45, 2.75) is 58.7 Å². The Labute approximate surface area is 207 Å². The molecule has 3 aromatic carbocycles. The van der Waals surface area contributed by atoms with Gasteiger partial charge in [-0.15, -0.1) is 0 Å². The van der Waals surface area contributed by atoms with Gasteiger partial charge in [-0.3, -0.25) is 9.59 Å². The van der Waals surface area contributed by atoms with Crippen LogP contribution in [0.1, 0.15) is 42.5 Å². The number of rotatable bonds is 10. The van der Waals surface area contributed by atoms with Crippen molar-refractivity contribution in [1.82, 2.24) is 10.2 Å². The summed E-state index contributed by atoms with van der Waals surface area (Å²) in [7, 11) is 0. The fourth-order valence-electron chi connectivity index (χ4n) is 3.91. The van der Waals surface area contributed by atoms with E-state index >= 15 is 0 Å². The van der Waals surface area contributed by atoms with Crippen molar-refractivity contribution in [3.8, 4) is 0 Å². The van der Waals surface area contributed by atoms with E-state index in [4.69, 9.17) is 11.6 Å². The first-order valence-electron chi connectivity index (χ1n) is 11.8. The first-order chi connectivity index (χ1) is 16.4. The summed E-state index contributed by atoms with van der Waals surface area (Å²) in [4.78, 5) is 29.0. The summed E-state index contributed by atoms with van der Waals surface area (Å²) in [6, 6.07) is 24.6. The van der Waals surface area contributed by atoms with Gasteiger partial charge in [0.1, 0.15) is 6.04 Å². The fraction of sp³-hybridized carbons (Fsp3) is 0.310. The summed E-state index contributed by atoms with van der Waals surface area (Å²) in [6.07, 6.45) is 1.38. The van der Waals surface area contributed by atoms with Gasteiger partial charge in [0, 0.05) is 24.0 Å². The molecule has 1 N–H and O–H groups in total. The Morgan fingerprint density at radius 3 is 2.29 bits per heavy atom. The number of amides is 2. The largest absolute Gasteiger partial charge is 0.352 e. The van der Waals surface area contributed by atoms with E-state index in [1.807, 2.05) is 87.5 Å². The van der Waals surface area contributed by atoms with Crippen LogP contribution in [0, 0.1) is 6.92 Å². The molecule has 4 nitrogen and oxygen atoms in total. The van der Waals surface area contributed by atoms with Crippen LogP contribution in [0.25, 0.3) is 0 Å². The number of halogens is 1. The van der Waals surface area contributed by atoms with Gasteiger partial charge in [-0.25, -0.2) is 0 Å². The van der Waals surface area contributed by atoms with Gasteiger partial charge >= 0.3 is 0 Å². The van der Waals surface area contributed by atoms with E-state index in [1.54, 1.807) is 11.0 Å². The van der Waals surface area contributed by atoms with Crippen LogP contribution in [-0.4, -0.2) is 28.8 Å². The molecule has 3 aromatic rings. The molecule has 2 amide bonds. The Kier molecular flexibility index (Phi) is 9.29. The minimum atomic E-state index is -0.646. The quantitative estimate of drug-likeness (QED) is 0.405. The second-order valence-electron chi connectivity index (χ2n) is 8.80. The molecule has 0 bridgehead atoms. The summed E-state index contributed by atoms with van der Waals surface area (Å²) in [6.45, 7) is 6.38. The van der Waals surface area contributed by atoms with Crippen LogP contribution in [0.5, 0.6) is 0 Å². The van der Waals surface area contributed by atoms with Crippen LogP contribution in [0.3, 0.4) is 0 Å². The average molecular weight is 477 g/mol. The Balaban J connectivity index is 1.98. The highest BCUT2D eigenvalue weighted by atomic mass is 35.5.